The molecule has 0 bridgehead atoms. The molecule has 0 aromatic carbocycles. The van der Waals surface area contributed by atoms with E-state index >= 15 is 0 Å². The van der Waals surface area contributed by atoms with Gasteiger partial charge in [0, 0.05) is 6.54 Å². The lowest BCUT2D eigenvalue weighted by molar-refractivity contribution is -0.143. The van der Waals surface area contributed by atoms with Crippen molar-refractivity contribution in [2.45, 2.75) is 25.7 Å². The summed E-state index contributed by atoms with van der Waals surface area (Å²) in [7, 11) is 0. The van der Waals surface area contributed by atoms with E-state index < -0.39 is 12.7 Å². The summed E-state index contributed by atoms with van der Waals surface area (Å²) in [6.45, 7) is 0.292. The number of halogens is 3. The highest BCUT2D eigenvalue weighted by molar-refractivity contribution is 5.20. The summed E-state index contributed by atoms with van der Waals surface area (Å²) in [6.07, 6.45) is -1.91. The quantitative estimate of drug-likeness (QED) is 0.743. The fourth-order valence-corrected chi connectivity index (χ4v) is 1.60. The average Bonchev–Trinajstić information content (AvgIpc) is 2.47. The predicted octanol–water partition coefficient (Wildman–Crippen LogP) is 1.09. The van der Waals surface area contributed by atoms with Gasteiger partial charge in [0.15, 0.2) is 0 Å². The molecule has 2 heterocycles. The van der Waals surface area contributed by atoms with E-state index in [2.05, 4.69) is 10.4 Å². The van der Waals surface area contributed by atoms with E-state index in [0.717, 1.165) is 23.2 Å². The van der Waals surface area contributed by atoms with Crippen molar-refractivity contribution in [2.24, 2.45) is 0 Å². The summed E-state index contributed by atoms with van der Waals surface area (Å²) in [5.74, 6) is 0. The van der Waals surface area contributed by atoms with Crippen molar-refractivity contribution in [1.29, 1.82) is 0 Å². The first kappa shape index (κ1) is 9.51. The number of aromatic nitrogens is 2. The Morgan fingerprint density at radius 3 is 3.00 bits per heavy atom. The molecule has 0 fully saturated rings. The van der Waals surface area contributed by atoms with Crippen LogP contribution in [0.25, 0.3) is 0 Å². The highest BCUT2D eigenvalue weighted by Gasteiger charge is 2.30. The molecule has 1 aliphatic heterocycles. The molecule has 1 aromatic heterocycles. The lowest BCUT2D eigenvalue weighted by atomic mass is 10.1. The van der Waals surface area contributed by atoms with Gasteiger partial charge in [0.2, 0.25) is 0 Å². The second-order valence-electron chi connectivity index (χ2n) is 3.32. The van der Waals surface area contributed by atoms with Gasteiger partial charge >= 0.3 is 6.18 Å². The Kier molecular flexibility index (Phi) is 2.22. The van der Waals surface area contributed by atoms with Crippen LogP contribution in [0.1, 0.15) is 11.3 Å². The average molecular weight is 205 g/mol. The number of hydrogen-bond donors (Lipinski definition) is 1. The molecule has 0 unspecified atom stereocenters. The van der Waals surface area contributed by atoms with Gasteiger partial charge in [0.05, 0.1) is 11.9 Å². The van der Waals surface area contributed by atoms with Crippen LogP contribution < -0.4 is 5.32 Å². The van der Waals surface area contributed by atoms with Gasteiger partial charge in [0.1, 0.15) is 6.54 Å². The highest BCUT2D eigenvalue weighted by atomic mass is 19.4. The van der Waals surface area contributed by atoms with Crippen molar-refractivity contribution in [3.05, 3.63) is 17.5 Å². The van der Waals surface area contributed by atoms with Gasteiger partial charge in [-0.25, -0.2) is 0 Å². The van der Waals surface area contributed by atoms with E-state index in [-0.39, 0.29) is 0 Å². The smallest absolute Gasteiger partial charge is 0.311 e. The number of rotatable bonds is 1. The topological polar surface area (TPSA) is 29.9 Å². The molecule has 14 heavy (non-hydrogen) atoms. The molecular weight excluding hydrogens is 195 g/mol. The van der Waals surface area contributed by atoms with E-state index in [0.29, 0.717) is 12.2 Å². The monoisotopic (exact) mass is 205 g/mol. The van der Waals surface area contributed by atoms with Crippen LogP contribution in [0.3, 0.4) is 0 Å². The Morgan fingerprint density at radius 1 is 1.50 bits per heavy atom. The third-order valence-electron chi connectivity index (χ3n) is 2.23. The van der Waals surface area contributed by atoms with E-state index in [1.165, 1.54) is 6.20 Å². The van der Waals surface area contributed by atoms with Gasteiger partial charge in [-0.05, 0) is 18.5 Å². The van der Waals surface area contributed by atoms with Crippen LogP contribution >= 0.6 is 0 Å². The van der Waals surface area contributed by atoms with Gasteiger partial charge in [-0.1, -0.05) is 0 Å². The van der Waals surface area contributed by atoms with Crippen LogP contribution in [0.2, 0.25) is 0 Å². The molecule has 1 aliphatic rings. The van der Waals surface area contributed by atoms with Crippen LogP contribution in [-0.2, 0) is 19.5 Å². The van der Waals surface area contributed by atoms with Crippen LogP contribution in [-0.4, -0.2) is 22.5 Å². The fraction of sp³-hybridized carbons (Fsp3) is 0.625. The van der Waals surface area contributed by atoms with Crippen LogP contribution in [0.15, 0.2) is 6.20 Å². The zero-order valence-corrected chi connectivity index (χ0v) is 7.43. The lowest BCUT2D eigenvalue weighted by Gasteiger charge is -2.16. The Labute approximate surface area is 78.9 Å². The maximum Gasteiger partial charge on any atom is 0.408 e. The number of hydrogen-bond acceptors (Lipinski definition) is 2. The van der Waals surface area contributed by atoms with Crippen LogP contribution in [0.5, 0.6) is 0 Å². The molecule has 1 aromatic rings. The maximum atomic E-state index is 12.1. The Balaban J connectivity index is 2.22. The molecule has 0 saturated carbocycles. The van der Waals surface area contributed by atoms with Gasteiger partial charge in [-0.15, -0.1) is 0 Å². The highest BCUT2D eigenvalue weighted by Crippen LogP contribution is 2.20. The van der Waals surface area contributed by atoms with Crippen LogP contribution in [0.4, 0.5) is 13.2 Å². The van der Waals surface area contributed by atoms with Crippen molar-refractivity contribution >= 4 is 0 Å². The molecule has 0 aliphatic carbocycles. The summed E-state index contributed by atoms with van der Waals surface area (Å²) >= 11 is 0. The number of fused-ring (bicyclic) bond motifs is 1. The maximum absolute atomic E-state index is 12.1. The molecule has 3 nitrogen and oxygen atoms in total. The predicted molar refractivity (Wildman–Crippen MR) is 43.7 cm³/mol. The van der Waals surface area contributed by atoms with E-state index in [4.69, 9.17) is 0 Å². The minimum Gasteiger partial charge on any atom is -0.311 e. The second kappa shape index (κ2) is 3.27. The largest absolute Gasteiger partial charge is 0.408 e. The normalized spacial score (nSPS) is 16.8. The fourth-order valence-electron chi connectivity index (χ4n) is 1.60. The summed E-state index contributed by atoms with van der Waals surface area (Å²) in [5.41, 5.74) is 1.58. The zero-order valence-electron chi connectivity index (χ0n) is 7.43. The Hall–Kier alpha value is -1.04. The van der Waals surface area contributed by atoms with Gasteiger partial charge < -0.3 is 5.32 Å². The molecule has 78 valence electrons. The van der Waals surface area contributed by atoms with Gasteiger partial charge in [0.25, 0.3) is 0 Å². The van der Waals surface area contributed by atoms with Crippen molar-refractivity contribution in [2.75, 3.05) is 6.54 Å². The first-order valence-corrected chi connectivity index (χ1v) is 4.37. The van der Waals surface area contributed by atoms with Crippen molar-refractivity contribution < 1.29 is 13.2 Å². The molecule has 6 heteroatoms. The number of nitrogens with one attached hydrogen (secondary N) is 1. The number of nitrogens with zero attached hydrogens (tertiary/aromatic N) is 2. The number of alkyl halides is 3. The van der Waals surface area contributed by atoms with Crippen molar-refractivity contribution in [3.8, 4) is 0 Å². The SMILES string of the molecule is FC(F)(F)Cn1ncc2c1CNCC2. The summed E-state index contributed by atoms with van der Waals surface area (Å²) in [6, 6.07) is 0. The zero-order chi connectivity index (χ0) is 10.2. The Bertz CT molecular complexity index is 329. The first-order chi connectivity index (χ1) is 6.56. The minimum atomic E-state index is -4.20. The van der Waals surface area contributed by atoms with E-state index in [1.54, 1.807) is 0 Å². The molecule has 0 saturated heterocycles. The second-order valence-corrected chi connectivity index (χ2v) is 3.32. The third kappa shape index (κ3) is 1.89. The summed E-state index contributed by atoms with van der Waals surface area (Å²) in [5, 5.41) is 6.76. The van der Waals surface area contributed by atoms with Gasteiger partial charge in [-0.2, -0.15) is 18.3 Å². The first-order valence-electron chi connectivity index (χ1n) is 4.37. The molecule has 0 atom stereocenters. The van der Waals surface area contributed by atoms with E-state index in [1.807, 2.05) is 0 Å². The summed E-state index contributed by atoms with van der Waals surface area (Å²) < 4.78 is 37.4. The minimum absolute atomic E-state index is 0.478. The molecule has 0 spiro atoms. The third-order valence-corrected chi connectivity index (χ3v) is 2.23. The molecule has 2 rings (SSSR count). The standard InChI is InChI=1S/C8H10F3N3/c9-8(10,11)5-14-7-4-12-2-1-6(7)3-13-14/h3,12H,1-2,4-5H2. The lowest BCUT2D eigenvalue weighted by Crippen LogP contribution is -2.28. The van der Waals surface area contributed by atoms with Crippen molar-refractivity contribution in [1.82, 2.24) is 15.1 Å². The molecule has 1 N–H and O–H groups in total. The summed E-state index contributed by atoms with van der Waals surface area (Å²) in [4.78, 5) is 0. The molecular formula is C8H10F3N3. The Morgan fingerprint density at radius 2 is 2.29 bits per heavy atom. The van der Waals surface area contributed by atoms with Crippen LogP contribution in [0, 0.1) is 0 Å². The molecule has 0 amide bonds. The molecule has 0 radical (unpaired) electrons. The van der Waals surface area contributed by atoms with Crippen molar-refractivity contribution in [3.63, 3.8) is 0 Å². The van der Waals surface area contributed by atoms with E-state index in [9.17, 15) is 13.2 Å². The van der Waals surface area contributed by atoms with Gasteiger partial charge in [-0.3, -0.25) is 4.68 Å².